The molecule has 4 aliphatic carbocycles. The van der Waals surface area contributed by atoms with E-state index in [0.29, 0.717) is 0 Å². The largest absolute Gasteiger partial charge is 0.311 e. The van der Waals surface area contributed by atoms with Gasteiger partial charge in [-0.05, 0) is 62.2 Å². The Bertz CT molecular complexity index is 433. The molecule has 0 amide bonds. The molecule has 0 aliphatic heterocycles. The quantitative estimate of drug-likeness (QED) is 0.243. The smallest absolute Gasteiger partial charge is 0.00697 e. The molecule has 33 heavy (non-hydrogen) atoms. The van der Waals surface area contributed by atoms with Crippen LogP contribution in [0.25, 0.3) is 0 Å². The first-order chi connectivity index (χ1) is 16.3. The van der Waals surface area contributed by atoms with Crippen molar-refractivity contribution in [3.05, 3.63) is 0 Å². The second kappa shape index (κ2) is 15.2. The summed E-state index contributed by atoms with van der Waals surface area (Å²) in [6, 6.07) is 1.62. The Hall–Kier alpha value is -0.0400. The number of rotatable bonds is 16. The van der Waals surface area contributed by atoms with Gasteiger partial charge in [-0.25, -0.2) is 0 Å². The number of hydrogen-bond donors (Lipinski definition) is 1. The third kappa shape index (κ3) is 9.85. The molecule has 0 radical (unpaired) electrons. The molecule has 4 aliphatic rings. The van der Waals surface area contributed by atoms with Crippen molar-refractivity contribution >= 4 is 0 Å². The summed E-state index contributed by atoms with van der Waals surface area (Å²) in [7, 11) is 0. The van der Waals surface area contributed by atoms with E-state index in [1.165, 1.54) is 167 Å². The van der Waals surface area contributed by atoms with Crippen molar-refractivity contribution in [2.24, 2.45) is 23.7 Å². The molecule has 4 rings (SSSR count). The van der Waals surface area contributed by atoms with Crippen LogP contribution in [0, 0.1) is 23.7 Å². The fraction of sp³-hybridized carbons (Fsp3) is 1.00. The molecule has 0 heterocycles. The van der Waals surface area contributed by atoms with Gasteiger partial charge in [0, 0.05) is 12.1 Å². The van der Waals surface area contributed by atoms with Gasteiger partial charge in [-0.1, -0.05) is 128 Å². The lowest BCUT2D eigenvalue weighted by molar-refractivity contribution is 0.299. The molecule has 192 valence electrons. The fourth-order valence-electron chi connectivity index (χ4n) is 8.33. The van der Waals surface area contributed by atoms with E-state index in [4.69, 9.17) is 0 Å². The highest BCUT2D eigenvalue weighted by Gasteiger charge is 2.23. The van der Waals surface area contributed by atoms with Crippen LogP contribution in [0.15, 0.2) is 0 Å². The minimum absolute atomic E-state index is 0.812. The first-order valence-corrected chi connectivity index (χ1v) is 16.1. The number of hydrogen-bond acceptors (Lipinski definition) is 1. The minimum atomic E-state index is 0.812. The molecule has 0 aromatic carbocycles. The molecule has 4 saturated carbocycles. The van der Waals surface area contributed by atoms with Crippen LogP contribution in [0.3, 0.4) is 0 Å². The van der Waals surface area contributed by atoms with E-state index < -0.39 is 0 Å². The second-order valence-corrected chi connectivity index (χ2v) is 13.2. The molecule has 0 saturated heterocycles. The van der Waals surface area contributed by atoms with E-state index in [1.807, 2.05) is 0 Å². The molecular weight excluding hydrogens is 398 g/mol. The average molecular weight is 458 g/mol. The molecule has 0 bridgehead atoms. The van der Waals surface area contributed by atoms with Gasteiger partial charge >= 0.3 is 0 Å². The predicted molar refractivity (Wildman–Crippen MR) is 145 cm³/mol. The van der Waals surface area contributed by atoms with Crippen molar-refractivity contribution in [2.45, 2.75) is 179 Å². The lowest BCUT2D eigenvalue weighted by Crippen LogP contribution is -2.39. The van der Waals surface area contributed by atoms with Crippen molar-refractivity contribution in [2.75, 3.05) is 0 Å². The van der Waals surface area contributed by atoms with Crippen LogP contribution < -0.4 is 5.32 Å². The SMILES string of the molecule is C1CCC(CCCC(CCC2CCCC2)NC(CCCC2CCCC2)CCC2CCCC2)C1. The highest BCUT2D eigenvalue weighted by molar-refractivity contribution is 4.80. The topological polar surface area (TPSA) is 12.0 Å². The minimum Gasteiger partial charge on any atom is -0.311 e. The summed E-state index contributed by atoms with van der Waals surface area (Å²) in [5, 5.41) is 4.35. The first kappa shape index (κ1) is 26.0. The first-order valence-electron chi connectivity index (χ1n) is 16.1. The van der Waals surface area contributed by atoms with Crippen LogP contribution in [0.5, 0.6) is 0 Å². The second-order valence-electron chi connectivity index (χ2n) is 13.2. The Balaban J connectivity index is 1.25. The molecular formula is C32H59N. The standard InChI is InChI=1S/C32H59N/c1-2-12-27(11-1)19-9-21-31(25-23-29-15-5-6-16-29)33-32(26-24-30-17-7-8-18-30)22-10-20-28-13-3-4-14-28/h27-33H,1-26H2. The van der Waals surface area contributed by atoms with Gasteiger partial charge in [0.1, 0.15) is 0 Å². The lowest BCUT2D eigenvalue weighted by Gasteiger charge is -2.28. The third-order valence-corrected chi connectivity index (χ3v) is 10.5. The van der Waals surface area contributed by atoms with Gasteiger partial charge in [-0.3, -0.25) is 0 Å². The molecule has 0 aromatic rings. The highest BCUT2D eigenvalue weighted by atomic mass is 14.9. The monoisotopic (exact) mass is 457 g/mol. The van der Waals surface area contributed by atoms with Crippen molar-refractivity contribution in [1.82, 2.24) is 5.32 Å². The van der Waals surface area contributed by atoms with Gasteiger partial charge in [0.25, 0.3) is 0 Å². The van der Waals surface area contributed by atoms with Crippen molar-refractivity contribution in [3.8, 4) is 0 Å². The third-order valence-electron chi connectivity index (χ3n) is 10.5. The zero-order valence-corrected chi connectivity index (χ0v) is 22.3. The Morgan fingerprint density at radius 1 is 0.394 bits per heavy atom. The summed E-state index contributed by atoms with van der Waals surface area (Å²) in [4.78, 5) is 0. The summed E-state index contributed by atoms with van der Waals surface area (Å²) in [5.41, 5.74) is 0. The van der Waals surface area contributed by atoms with Gasteiger partial charge in [0.15, 0.2) is 0 Å². The molecule has 2 unspecified atom stereocenters. The zero-order chi connectivity index (χ0) is 22.6. The Kier molecular flexibility index (Phi) is 12.0. The van der Waals surface area contributed by atoms with Gasteiger partial charge in [0.2, 0.25) is 0 Å². The summed E-state index contributed by atoms with van der Waals surface area (Å²) >= 11 is 0. The molecule has 0 aromatic heterocycles. The molecule has 4 fully saturated rings. The normalized spacial score (nSPS) is 25.5. The van der Waals surface area contributed by atoms with E-state index in [-0.39, 0.29) is 0 Å². The van der Waals surface area contributed by atoms with Gasteiger partial charge in [-0.2, -0.15) is 0 Å². The molecule has 0 spiro atoms. The lowest BCUT2D eigenvalue weighted by atomic mass is 9.90. The van der Waals surface area contributed by atoms with Crippen LogP contribution in [0.2, 0.25) is 0 Å². The molecule has 1 heteroatoms. The summed E-state index contributed by atoms with van der Waals surface area (Å²) in [6.07, 6.45) is 39.3. The van der Waals surface area contributed by atoms with Gasteiger partial charge in [0.05, 0.1) is 0 Å². The van der Waals surface area contributed by atoms with E-state index >= 15 is 0 Å². The van der Waals surface area contributed by atoms with Crippen molar-refractivity contribution < 1.29 is 0 Å². The summed E-state index contributed by atoms with van der Waals surface area (Å²) in [6.45, 7) is 0. The van der Waals surface area contributed by atoms with Gasteiger partial charge < -0.3 is 5.32 Å². The van der Waals surface area contributed by atoms with Crippen LogP contribution >= 0.6 is 0 Å². The zero-order valence-electron chi connectivity index (χ0n) is 22.3. The predicted octanol–water partition coefficient (Wildman–Crippen LogP) is 9.97. The number of nitrogens with one attached hydrogen (secondary N) is 1. The Labute approximate surface area is 208 Å². The van der Waals surface area contributed by atoms with Crippen LogP contribution in [0.1, 0.15) is 167 Å². The van der Waals surface area contributed by atoms with E-state index in [1.54, 1.807) is 0 Å². The average Bonchev–Trinajstić information content (AvgIpc) is 3.64. The molecule has 1 nitrogen and oxygen atoms in total. The molecule has 1 N–H and O–H groups in total. The van der Waals surface area contributed by atoms with E-state index in [0.717, 1.165) is 35.8 Å². The Morgan fingerprint density at radius 3 is 1.03 bits per heavy atom. The van der Waals surface area contributed by atoms with Crippen molar-refractivity contribution in [1.29, 1.82) is 0 Å². The van der Waals surface area contributed by atoms with Gasteiger partial charge in [-0.15, -0.1) is 0 Å². The summed E-state index contributed by atoms with van der Waals surface area (Å²) in [5.74, 6) is 4.27. The van der Waals surface area contributed by atoms with Crippen LogP contribution in [-0.2, 0) is 0 Å². The molecule has 2 atom stereocenters. The maximum Gasteiger partial charge on any atom is 0.00697 e. The van der Waals surface area contributed by atoms with Crippen LogP contribution in [0.4, 0.5) is 0 Å². The fourth-order valence-corrected chi connectivity index (χ4v) is 8.33. The summed E-state index contributed by atoms with van der Waals surface area (Å²) < 4.78 is 0. The maximum absolute atomic E-state index is 4.35. The van der Waals surface area contributed by atoms with E-state index in [9.17, 15) is 0 Å². The Morgan fingerprint density at radius 2 is 0.697 bits per heavy atom. The van der Waals surface area contributed by atoms with E-state index in [2.05, 4.69) is 5.32 Å². The van der Waals surface area contributed by atoms with Crippen LogP contribution in [-0.4, -0.2) is 12.1 Å². The van der Waals surface area contributed by atoms with Crippen molar-refractivity contribution in [3.63, 3.8) is 0 Å². The maximum atomic E-state index is 4.35. The highest BCUT2D eigenvalue weighted by Crippen LogP contribution is 2.34.